The Labute approximate surface area is 116 Å². The molecule has 0 saturated carbocycles. The standard InChI is InChI=1S/C15H25NO3/c1-4-16-12-13-7-8-14(18-3)15(11-13)19-10-6-5-9-17-2/h7-8,11,16H,4-6,9-10,12H2,1-3H3. The molecule has 0 bridgehead atoms. The molecule has 1 aromatic rings. The maximum Gasteiger partial charge on any atom is 0.161 e. The summed E-state index contributed by atoms with van der Waals surface area (Å²) >= 11 is 0. The molecule has 0 fully saturated rings. The van der Waals surface area contributed by atoms with Crippen LogP contribution in [0.5, 0.6) is 11.5 Å². The van der Waals surface area contributed by atoms with E-state index in [1.165, 1.54) is 5.56 Å². The molecule has 0 aromatic heterocycles. The van der Waals surface area contributed by atoms with E-state index in [2.05, 4.69) is 18.3 Å². The molecule has 108 valence electrons. The lowest BCUT2D eigenvalue weighted by atomic mass is 10.2. The highest BCUT2D eigenvalue weighted by atomic mass is 16.5. The van der Waals surface area contributed by atoms with Gasteiger partial charge in [0.05, 0.1) is 13.7 Å². The third-order valence-electron chi connectivity index (χ3n) is 2.81. The summed E-state index contributed by atoms with van der Waals surface area (Å²) in [7, 11) is 3.38. The first-order valence-electron chi connectivity index (χ1n) is 6.81. The fourth-order valence-corrected chi connectivity index (χ4v) is 1.74. The van der Waals surface area contributed by atoms with E-state index in [-0.39, 0.29) is 0 Å². The van der Waals surface area contributed by atoms with Crippen LogP contribution in [0.15, 0.2) is 18.2 Å². The third kappa shape index (κ3) is 5.94. The molecule has 0 radical (unpaired) electrons. The first-order chi connectivity index (χ1) is 9.31. The molecule has 1 aromatic carbocycles. The first kappa shape index (κ1) is 15.8. The van der Waals surface area contributed by atoms with E-state index in [9.17, 15) is 0 Å². The van der Waals surface area contributed by atoms with Gasteiger partial charge in [-0.15, -0.1) is 0 Å². The molecule has 0 aliphatic heterocycles. The van der Waals surface area contributed by atoms with Gasteiger partial charge in [0.15, 0.2) is 11.5 Å². The molecule has 0 heterocycles. The average molecular weight is 267 g/mol. The van der Waals surface area contributed by atoms with E-state index >= 15 is 0 Å². The van der Waals surface area contributed by atoms with Crippen LogP contribution in [0.2, 0.25) is 0 Å². The Morgan fingerprint density at radius 1 is 1.05 bits per heavy atom. The van der Waals surface area contributed by atoms with Gasteiger partial charge >= 0.3 is 0 Å². The number of hydrogen-bond donors (Lipinski definition) is 1. The minimum Gasteiger partial charge on any atom is -0.493 e. The molecule has 0 amide bonds. The molecule has 1 rings (SSSR count). The molecule has 0 saturated heterocycles. The molecule has 0 unspecified atom stereocenters. The van der Waals surface area contributed by atoms with Gasteiger partial charge in [-0.25, -0.2) is 0 Å². The lowest BCUT2D eigenvalue weighted by Crippen LogP contribution is -2.12. The second kappa shape index (κ2) is 9.64. The molecule has 4 nitrogen and oxygen atoms in total. The summed E-state index contributed by atoms with van der Waals surface area (Å²) in [4.78, 5) is 0. The SMILES string of the molecule is CCNCc1ccc(OC)c(OCCCCOC)c1. The van der Waals surface area contributed by atoms with Crippen molar-refractivity contribution in [3.8, 4) is 11.5 Å². The zero-order valence-corrected chi connectivity index (χ0v) is 12.2. The number of ether oxygens (including phenoxy) is 3. The summed E-state index contributed by atoms with van der Waals surface area (Å²) in [5.74, 6) is 1.60. The Morgan fingerprint density at radius 3 is 2.53 bits per heavy atom. The van der Waals surface area contributed by atoms with Gasteiger partial charge in [0.1, 0.15) is 0 Å². The largest absolute Gasteiger partial charge is 0.493 e. The van der Waals surface area contributed by atoms with Crippen molar-refractivity contribution in [1.82, 2.24) is 5.32 Å². The molecule has 1 N–H and O–H groups in total. The van der Waals surface area contributed by atoms with Gasteiger partial charge < -0.3 is 19.5 Å². The maximum atomic E-state index is 5.79. The van der Waals surface area contributed by atoms with Crippen molar-refractivity contribution in [2.75, 3.05) is 34.0 Å². The first-order valence-corrected chi connectivity index (χ1v) is 6.81. The monoisotopic (exact) mass is 267 g/mol. The normalized spacial score (nSPS) is 10.5. The van der Waals surface area contributed by atoms with E-state index in [1.807, 2.05) is 12.1 Å². The van der Waals surface area contributed by atoms with Gasteiger partial charge in [0, 0.05) is 20.3 Å². The van der Waals surface area contributed by atoms with Crippen molar-refractivity contribution in [2.24, 2.45) is 0 Å². The number of nitrogens with one attached hydrogen (secondary N) is 1. The van der Waals surface area contributed by atoms with E-state index in [4.69, 9.17) is 14.2 Å². The Kier molecular flexibility index (Phi) is 8.02. The number of benzene rings is 1. The molecule has 0 spiro atoms. The molecule has 19 heavy (non-hydrogen) atoms. The summed E-state index contributed by atoms with van der Waals surface area (Å²) in [6, 6.07) is 6.05. The van der Waals surface area contributed by atoms with Crippen molar-refractivity contribution in [1.29, 1.82) is 0 Å². The van der Waals surface area contributed by atoms with E-state index < -0.39 is 0 Å². The zero-order chi connectivity index (χ0) is 13.9. The minimum absolute atomic E-state index is 0.685. The van der Waals surface area contributed by atoms with Crippen LogP contribution in [0.25, 0.3) is 0 Å². The molecule has 0 aliphatic carbocycles. The zero-order valence-electron chi connectivity index (χ0n) is 12.2. The van der Waals surface area contributed by atoms with Gasteiger partial charge in [0.25, 0.3) is 0 Å². The van der Waals surface area contributed by atoms with Gasteiger partial charge in [-0.1, -0.05) is 13.0 Å². The summed E-state index contributed by atoms with van der Waals surface area (Å²) < 4.78 is 16.1. The lowest BCUT2D eigenvalue weighted by Gasteiger charge is -2.12. The molecular weight excluding hydrogens is 242 g/mol. The molecule has 0 aliphatic rings. The molecule has 4 heteroatoms. The van der Waals surface area contributed by atoms with Crippen LogP contribution in [-0.2, 0) is 11.3 Å². The van der Waals surface area contributed by atoms with E-state index in [1.54, 1.807) is 14.2 Å². The Bertz CT molecular complexity index is 355. The predicted octanol–water partition coefficient (Wildman–Crippen LogP) is 2.61. The van der Waals surface area contributed by atoms with Crippen molar-refractivity contribution in [3.63, 3.8) is 0 Å². The molecular formula is C15H25NO3. The Hall–Kier alpha value is -1.26. The second-order valence-corrected chi connectivity index (χ2v) is 4.31. The van der Waals surface area contributed by atoms with Crippen molar-refractivity contribution in [3.05, 3.63) is 23.8 Å². The van der Waals surface area contributed by atoms with Crippen LogP contribution < -0.4 is 14.8 Å². The quantitative estimate of drug-likeness (QED) is 0.661. The van der Waals surface area contributed by atoms with Crippen LogP contribution in [0, 0.1) is 0 Å². The third-order valence-corrected chi connectivity index (χ3v) is 2.81. The lowest BCUT2D eigenvalue weighted by molar-refractivity contribution is 0.183. The summed E-state index contributed by atoms with van der Waals surface area (Å²) in [6.07, 6.45) is 1.99. The fraction of sp³-hybridized carbons (Fsp3) is 0.600. The Balaban J connectivity index is 2.52. The predicted molar refractivity (Wildman–Crippen MR) is 77.0 cm³/mol. The highest BCUT2D eigenvalue weighted by Crippen LogP contribution is 2.28. The number of methoxy groups -OCH3 is 2. The summed E-state index contributed by atoms with van der Waals surface area (Å²) in [5.41, 5.74) is 1.20. The van der Waals surface area contributed by atoms with Crippen molar-refractivity contribution >= 4 is 0 Å². The van der Waals surface area contributed by atoms with Gasteiger partial charge in [-0.05, 0) is 37.1 Å². The Morgan fingerprint density at radius 2 is 1.84 bits per heavy atom. The van der Waals surface area contributed by atoms with Gasteiger partial charge in [-0.2, -0.15) is 0 Å². The second-order valence-electron chi connectivity index (χ2n) is 4.31. The number of hydrogen-bond acceptors (Lipinski definition) is 4. The highest BCUT2D eigenvalue weighted by molar-refractivity contribution is 5.42. The van der Waals surface area contributed by atoms with Gasteiger partial charge in [-0.3, -0.25) is 0 Å². The van der Waals surface area contributed by atoms with Crippen LogP contribution >= 0.6 is 0 Å². The van der Waals surface area contributed by atoms with Crippen molar-refractivity contribution in [2.45, 2.75) is 26.3 Å². The summed E-state index contributed by atoms with van der Waals surface area (Å²) in [6.45, 7) is 5.36. The minimum atomic E-state index is 0.685. The van der Waals surface area contributed by atoms with Gasteiger partial charge in [0.2, 0.25) is 0 Å². The highest BCUT2D eigenvalue weighted by Gasteiger charge is 2.05. The van der Waals surface area contributed by atoms with E-state index in [0.717, 1.165) is 44.0 Å². The van der Waals surface area contributed by atoms with Crippen molar-refractivity contribution < 1.29 is 14.2 Å². The van der Waals surface area contributed by atoms with E-state index in [0.29, 0.717) is 6.61 Å². The van der Waals surface area contributed by atoms with Crippen LogP contribution in [-0.4, -0.2) is 34.0 Å². The topological polar surface area (TPSA) is 39.7 Å². The van der Waals surface area contributed by atoms with Crippen LogP contribution in [0.3, 0.4) is 0 Å². The smallest absolute Gasteiger partial charge is 0.161 e. The van der Waals surface area contributed by atoms with Crippen LogP contribution in [0.4, 0.5) is 0 Å². The molecule has 0 atom stereocenters. The number of unbranched alkanes of at least 4 members (excludes halogenated alkanes) is 1. The fourth-order valence-electron chi connectivity index (χ4n) is 1.74. The number of rotatable bonds is 10. The summed E-state index contributed by atoms with van der Waals surface area (Å²) in [5, 5.41) is 3.30. The average Bonchev–Trinajstić information content (AvgIpc) is 2.45. The maximum absolute atomic E-state index is 5.79. The van der Waals surface area contributed by atoms with Crippen LogP contribution in [0.1, 0.15) is 25.3 Å².